The zero-order chi connectivity index (χ0) is 27.2. The second-order valence-electron chi connectivity index (χ2n) is 7.25. The Hall–Kier alpha value is -0.263. The molecule has 0 aliphatic heterocycles. The van der Waals surface area contributed by atoms with Crippen LogP contribution in [0.3, 0.4) is 0 Å². The quantitative estimate of drug-likeness (QED) is 0.0884. The van der Waals surface area contributed by atoms with E-state index in [1.807, 2.05) is 0 Å². The summed E-state index contributed by atoms with van der Waals surface area (Å²) in [5.41, 5.74) is -3.86. The van der Waals surface area contributed by atoms with E-state index in [4.69, 9.17) is 56.8 Å². The molecule has 212 valence electrons. The van der Waals surface area contributed by atoms with E-state index in [-0.39, 0.29) is 39.6 Å². The van der Waals surface area contributed by atoms with Crippen molar-refractivity contribution >= 4 is 8.56 Å². The maximum atomic E-state index is 6.39. The third-order valence-electron chi connectivity index (χ3n) is 5.35. The van der Waals surface area contributed by atoms with Gasteiger partial charge in [-0.25, -0.2) is 9.78 Å². The highest BCUT2D eigenvalue weighted by atomic mass is 28.4. The van der Waals surface area contributed by atoms with Gasteiger partial charge in [-0.15, -0.1) is 0 Å². The third-order valence-corrected chi connectivity index (χ3v) is 9.72. The van der Waals surface area contributed by atoms with E-state index < -0.39 is 31.0 Å². The van der Waals surface area contributed by atoms with Gasteiger partial charge in [0.25, 0.3) is 22.4 Å². The maximum absolute atomic E-state index is 6.39. The van der Waals surface area contributed by atoms with Gasteiger partial charge in [0.1, 0.15) is 0 Å². The Kier molecular flexibility index (Phi) is 15.7. The fourth-order valence-corrected chi connectivity index (χ4v) is 8.89. The lowest BCUT2D eigenvalue weighted by molar-refractivity contribution is -0.497. The van der Waals surface area contributed by atoms with E-state index in [1.165, 1.54) is 28.4 Å². The molecule has 0 fully saturated rings. The van der Waals surface area contributed by atoms with Crippen LogP contribution in [0, 0.1) is 0 Å². The molecule has 0 rings (SSSR count). The third kappa shape index (κ3) is 6.25. The molecule has 0 aliphatic rings. The summed E-state index contributed by atoms with van der Waals surface area (Å²) in [7, 11) is 1.21. The monoisotopic (exact) mass is 532 g/mol. The smallest absolute Gasteiger partial charge is 0.391 e. The van der Waals surface area contributed by atoms with Crippen molar-refractivity contribution in [2.75, 3.05) is 68.1 Å². The van der Waals surface area contributed by atoms with E-state index in [2.05, 4.69) is 0 Å². The highest BCUT2D eigenvalue weighted by Gasteiger charge is 2.86. The molecule has 0 saturated heterocycles. The first-order valence-corrected chi connectivity index (χ1v) is 13.8. The minimum atomic E-state index is -4.36. The van der Waals surface area contributed by atoms with E-state index >= 15 is 0 Å². The fraction of sp³-hybridized carbons (Fsp3) is 1.00. The van der Waals surface area contributed by atoms with Gasteiger partial charge in [0.05, 0.1) is 14.2 Å². The minimum absolute atomic E-state index is 0.141. The van der Waals surface area contributed by atoms with E-state index in [0.29, 0.717) is 0 Å². The van der Waals surface area contributed by atoms with Gasteiger partial charge in [-0.2, -0.15) is 9.78 Å². The zero-order valence-electron chi connectivity index (χ0n) is 23.6. The Labute approximate surface area is 211 Å². The summed E-state index contributed by atoms with van der Waals surface area (Å²) in [6.45, 7) is 14.9. The maximum Gasteiger partial charge on any atom is 0.473 e. The summed E-state index contributed by atoms with van der Waals surface area (Å²) in [5, 5.41) is 0. The molecule has 0 amide bonds. The van der Waals surface area contributed by atoms with E-state index in [0.717, 1.165) is 0 Å². The predicted octanol–water partition coefficient (Wildman–Crippen LogP) is 3.00. The SMILES string of the molecule is CCOC(C)(OOC)C(OCC)(OCC)[Si](OC)(OC)C(OCC)(OCC)C(C)(OCC)OOC. The molecule has 0 aromatic heterocycles. The van der Waals surface area contributed by atoms with Gasteiger partial charge in [0.2, 0.25) is 0 Å². The molecule has 0 radical (unpaired) electrons. The number of rotatable bonds is 22. The second-order valence-corrected chi connectivity index (χ2v) is 10.6. The molecule has 0 aromatic carbocycles. The minimum Gasteiger partial charge on any atom is -0.391 e. The number of hydrogen-bond donors (Lipinski definition) is 0. The Morgan fingerprint density at radius 3 is 0.886 bits per heavy atom. The van der Waals surface area contributed by atoms with Crippen LogP contribution in [0.2, 0.25) is 0 Å². The van der Waals surface area contributed by atoms with Gasteiger partial charge >= 0.3 is 8.56 Å². The van der Waals surface area contributed by atoms with Crippen molar-refractivity contribution in [3.63, 3.8) is 0 Å². The lowest BCUT2D eigenvalue weighted by atomic mass is 10.3. The first-order chi connectivity index (χ1) is 16.6. The molecule has 35 heavy (non-hydrogen) atoms. The molecule has 0 spiro atoms. The van der Waals surface area contributed by atoms with Crippen molar-refractivity contribution < 1.29 is 56.8 Å². The van der Waals surface area contributed by atoms with Gasteiger partial charge in [-0.1, -0.05) is 0 Å². The van der Waals surface area contributed by atoms with Crippen molar-refractivity contribution in [3.05, 3.63) is 0 Å². The van der Waals surface area contributed by atoms with Crippen LogP contribution in [-0.2, 0) is 56.8 Å². The van der Waals surface area contributed by atoms with Crippen LogP contribution in [0.1, 0.15) is 55.4 Å². The molecule has 0 aromatic rings. The molecule has 0 heterocycles. The van der Waals surface area contributed by atoms with Gasteiger partial charge in [-0.05, 0) is 55.4 Å². The number of hydrogen-bond acceptors (Lipinski definition) is 12. The van der Waals surface area contributed by atoms with Crippen molar-refractivity contribution in [1.82, 2.24) is 0 Å². The largest absolute Gasteiger partial charge is 0.473 e. The van der Waals surface area contributed by atoms with Crippen LogP contribution < -0.4 is 0 Å². The van der Waals surface area contributed by atoms with Crippen LogP contribution in [0.25, 0.3) is 0 Å². The van der Waals surface area contributed by atoms with Gasteiger partial charge in [-0.3, -0.25) is 0 Å². The van der Waals surface area contributed by atoms with Crippen LogP contribution in [0.5, 0.6) is 0 Å². The summed E-state index contributed by atoms with van der Waals surface area (Å²) in [6.07, 6.45) is 0. The van der Waals surface area contributed by atoms with E-state index in [9.17, 15) is 0 Å². The van der Waals surface area contributed by atoms with Crippen LogP contribution in [0.15, 0.2) is 0 Å². The van der Waals surface area contributed by atoms with Gasteiger partial charge in [0.15, 0.2) is 0 Å². The summed E-state index contributed by atoms with van der Waals surface area (Å²) < 4.78 is 50.3. The zero-order valence-corrected chi connectivity index (χ0v) is 24.6. The second kappa shape index (κ2) is 15.9. The molecule has 2 atom stereocenters. The van der Waals surface area contributed by atoms with Crippen molar-refractivity contribution in [2.24, 2.45) is 0 Å². The van der Waals surface area contributed by atoms with Gasteiger partial charge < -0.3 is 37.3 Å². The van der Waals surface area contributed by atoms with Crippen molar-refractivity contribution in [3.8, 4) is 0 Å². The Balaban J connectivity index is 7.98. The standard InChI is InChI=1S/C22H48O12Si/c1-13-27-19(7,33-23-9)21(29-15-3,30-16-4)35(25-11,26-12)22(31-17-5,32-18-6)20(8,28-14-2)34-24-10/h13-18H2,1-12H3. The fourth-order valence-electron chi connectivity index (χ4n) is 4.45. The summed E-state index contributed by atoms with van der Waals surface area (Å²) in [4.78, 5) is 21.7. The van der Waals surface area contributed by atoms with Crippen molar-refractivity contribution in [1.29, 1.82) is 0 Å². The molecule has 0 N–H and O–H groups in total. The molecule has 12 nitrogen and oxygen atoms in total. The normalized spacial score (nSPS) is 16.8. The molecule has 0 saturated carbocycles. The number of ether oxygens (including phenoxy) is 6. The molecular formula is C22H48O12Si. The van der Waals surface area contributed by atoms with E-state index in [1.54, 1.807) is 55.4 Å². The summed E-state index contributed by atoms with van der Waals surface area (Å²) in [6, 6.07) is 0. The lowest BCUT2D eigenvalue weighted by Crippen LogP contribution is -2.88. The lowest BCUT2D eigenvalue weighted by Gasteiger charge is -2.59. The Bertz CT molecular complexity index is 493. The average Bonchev–Trinajstić information content (AvgIpc) is 2.81. The molecule has 13 heteroatoms. The molecule has 0 aliphatic carbocycles. The highest BCUT2D eigenvalue weighted by Crippen LogP contribution is 2.52. The Morgan fingerprint density at radius 1 is 0.457 bits per heavy atom. The molecule has 2 unspecified atom stereocenters. The van der Waals surface area contributed by atoms with Crippen LogP contribution in [-0.4, -0.2) is 99.0 Å². The first-order valence-electron chi connectivity index (χ1n) is 12.0. The highest BCUT2D eigenvalue weighted by molar-refractivity contribution is 6.73. The van der Waals surface area contributed by atoms with Crippen molar-refractivity contribution in [2.45, 2.75) is 77.8 Å². The molecular weight excluding hydrogens is 484 g/mol. The summed E-state index contributed by atoms with van der Waals surface area (Å²) in [5.74, 6) is -3.50. The predicted molar refractivity (Wildman–Crippen MR) is 128 cm³/mol. The topological polar surface area (TPSA) is 111 Å². The summed E-state index contributed by atoms with van der Waals surface area (Å²) >= 11 is 0. The first kappa shape index (κ1) is 34.7. The van der Waals surface area contributed by atoms with Crippen LogP contribution in [0.4, 0.5) is 0 Å². The van der Waals surface area contributed by atoms with Crippen LogP contribution >= 0.6 is 0 Å². The average molecular weight is 533 g/mol. The Morgan fingerprint density at radius 2 is 0.714 bits per heavy atom. The molecule has 0 bridgehead atoms. The van der Waals surface area contributed by atoms with Gasteiger partial charge in [0, 0.05) is 53.9 Å².